The van der Waals surface area contributed by atoms with Crippen LogP contribution in [0.3, 0.4) is 0 Å². The van der Waals surface area contributed by atoms with E-state index >= 15 is 0 Å². The number of nitriles is 1. The van der Waals surface area contributed by atoms with E-state index in [1.807, 2.05) is 10.8 Å². The molecule has 16 heavy (non-hydrogen) atoms. The lowest BCUT2D eigenvalue weighted by Gasteiger charge is -2.07. The van der Waals surface area contributed by atoms with Crippen molar-refractivity contribution in [3.63, 3.8) is 0 Å². The minimum atomic E-state index is -3.95. The van der Waals surface area contributed by atoms with Crippen LogP contribution in [0.1, 0.15) is 18.1 Å². The van der Waals surface area contributed by atoms with E-state index in [2.05, 4.69) is 0 Å². The van der Waals surface area contributed by atoms with Crippen LogP contribution in [0.5, 0.6) is 0 Å². The molecule has 0 saturated heterocycles. The fraction of sp³-hybridized carbons (Fsp3) is 0.200. The van der Waals surface area contributed by atoms with Crippen LogP contribution in [0.2, 0.25) is 0 Å². The molecule has 0 aliphatic carbocycles. The van der Waals surface area contributed by atoms with Crippen molar-refractivity contribution in [1.29, 1.82) is 5.26 Å². The number of sulfonamides is 1. The molecule has 0 heterocycles. The first kappa shape index (κ1) is 12.2. The Balaban J connectivity index is 3.41. The molecular formula is C10H10N2O3S. The molecule has 84 valence electrons. The quantitative estimate of drug-likeness (QED) is 0.821. The largest absolute Gasteiger partial charge is 0.274 e. The summed E-state index contributed by atoms with van der Waals surface area (Å²) in [5.41, 5.74) is 0.602. The van der Waals surface area contributed by atoms with E-state index in [-0.39, 0.29) is 10.5 Å². The predicted octanol–water partition coefficient (Wildman–Crippen LogP) is 0.692. The molecule has 1 rings (SSSR count). The summed E-state index contributed by atoms with van der Waals surface area (Å²) in [6, 6.07) is 6.25. The van der Waals surface area contributed by atoms with Gasteiger partial charge in [-0.25, -0.2) is 13.1 Å². The highest BCUT2D eigenvalue weighted by Crippen LogP contribution is 2.17. The maximum absolute atomic E-state index is 11.7. The van der Waals surface area contributed by atoms with Gasteiger partial charge in [0.15, 0.2) is 0 Å². The van der Waals surface area contributed by atoms with E-state index in [0.29, 0.717) is 5.56 Å². The Bertz CT molecular complexity index is 570. The SMILES string of the molecule is CC(=O)NS(=O)(=O)c1cccc(C)c1C#N. The van der Waals surface area contributed by atoms with Gasteiger partial charge in [0.05, 0.1) is 5.56 Å². The first-order valence-electron chi connectivity index (χ1n) is 4.41. The van der Waals surface area contributed by atoms with Crippen LogP contribution in [0.15, 0.2) is 23.1 Å². The summed E-state index contributed by atoms with van der Waals surface area (Å²) < 4.78 is 25.2. The van der Waals surface area contributed by atoms with E-state index in [0.717, 1.165) is 6.92 Å². The second-order valence-corrected chi connectivity index (χ2v) is 4.87. The standard InChI is InChI=1S/C10H10N2O3S/c1-7-4-3-5-10(9(7)6-11)16(14,15)12-8(2)13/h3-5H,1-2H3,(H,12,13). The number of carbonyl (C=O) groups excluding carboxylic acids is 1. The Kier molecular flexibility index (Phi) is 3.30. The summed E-state index contributed by atoms with van der Waals surface area (Å²) in [6.45, 7) is 2.73. The third-order valence-electron chi connectivity index (χ3n) is 1.91. The van der Waals surface area contributed by atoms with Gasteiger partial charge in [0.25, 0.3) is 10.0 Å². The number of benzene rings is 1. The fourth-order valence-electron chi connectivity index (χ4n) is 1.25. The van der Waals surface area contributed by atoms with Crippen molar-refractivity contribution in [3.05, 3.63) is 29.3 Å². The summed E-state index contributed by atoms with van der Waals surface area (Å²) in [5.74, 6) is -0.689. The maximum atomic E-state index is 11.7. The molecule has 0 aromatic heterocycles. The van der Waals surface area contributed by atoms with Gasteiger partial charge in [0.2, 0.25) is 5.91 Å². The second kappa shape index (κ2) is 4.33. The molecule has 5 nitrogen and oxygen atoms in total. The summed E-state index contributed by atoms with van der Waals surface area (Å²) in [7, 11) is -3.95. The lowest BCUT2D eigenvalue weighted by atomic mass is 10.1. The molecule has 0 bridgehead atoms. The molecule has 1 amide bonds. The van der Waals surface area contributed by atoms with Crippen LogP contribution >= 0.6 is 0 Å². The first-order chi connectivity index (χ1) is 7.38. The van der Waals surface area contributed by atoms with Crippen LogP contribution in [-0.4, -0.2) is 14.3 Å². The highest BCUT2D eigenvalue weighted by Gasteiger charge is 2.20. The average Bonchev–Trinajstić information content (AvgIpc) is 2.15. The van der Waals surface area contributed by atoms with E-state index < -0.39 is 15.9 Å². The van der Waals surface area contributed by atoms with E-state index in [9.17, 15) is 13.2 Å². The Morgan fingerprint density at radius 1 is 1.44 bits per heavy atom. The lowest BCUT2D eigenvalue weighted by molar-refractivity contribution is -0.117. The van der Waals surface area contributed by atoms with Crippen molar-refractivity contribution in [3.8, 4) is 6.07 Å². The van der Waals surface area contributed by atoms with Gasteiger partial charge in [0.1, 0.15) is 11.0 Å². The summed E-state index contributed by atoms with van der Waals surface area (Å²) >= 11 is 0. The molecule has 1 aromatic carbocycles. The van der Waals surface area contributed by atoms with Gasteiger partial charge >= 0.3 is 0 Å². The lowest BCUT2D eigenvalue weighted by Crippen LogP contribution is -2.28. The zero-order valence-electron chi connectivity index (χ0n) is 8.81. The average molecular weight is 238 g/mol. The first-order valence-corrected chi connectivity index (χ1v) is 5.90. The topological polar surface area (TPSA) is 87.0 Å². The Morgan fingerprint density at radius 2 is 2.06 bits per heavy atom. The fourth-order valence-corrected chi connectivity index (χ4v) is 2.47. The van der Waals surface area contributed by atoms with E-state index in [1.54, 1.807) is 13.0 Å². The van der Waals surface area contributed by atoms with Gasteiger partial charge in [-0.2, -0.15) is 5.26 Å². The second-order valence-electron chi connectivity index (χ2n) is 3.22. The smallest absolute Gasteiger partial charge is 0.265 e. The van der Waals surface area contributed by atoms with E-state index in [4.69, 9.17) is 5.26 Å². The number of rotatable bonds is 2. The molecule has 0 aliphatic rings. The molecule has 0 radical (unpaired) electrons. The van der Waals surface area contributed by atoms with Crippen LogP contribution in [0, 0.1) is 18.3 Å². The number of aryl methyl sites for hydroxylation is 1. The normalized spacial score (nSPS) is 10.6. The zero-order valence-corrected chi connectivity index (χ0v) is 9.63. The van der Waals surface area contributed by atoms with E-state index in [1.165, 1.54) is 12.1 Å². The van der Waals surface area contributed by atoms with Gasteiger partial charge in [0, 0.05) is 6.92 Å². The summed E-state index contributed by atoms with van der Waals surface area (Å²) in [4.78, 5) is 10.6. The van der Waals surface area contributed by atoms with Gasteiger partial charge in [-0.15, -0.1) is 0 Å². The van der Waals surface area contributed by atoms with Crippen LogP contribution in [0.25, 0.3) is 0 Å². The number of hydrogen-bond acceptors (Lipinski definition) is 4. The monoisotopic (exact) mass is 238 g/mol. The molecule has 1 N–H and O–H groups in total. The molecular weight excluding hydrogens is 228 g/mol. The molecule has 1 aromatic rings. The van der Waals surface area contributed by atoms with Gasteiger partial charge in [-0.1, -0.05) is 12.1 Å². The molecule has 0 aliphatic heterocycles. The minimum absolute atomic E-state index is 0.0521. The van der Waals surface area contributed by atoms with Crippen molar-refractivity contribution in [2.24, 2.45) is 0 Å². The van der Waals surface area contributed by atoms with Crippen molar-refractivity contribution < 1.29 is 13.2 Å². The highest BCUT2D eigenvalue weighted by molar-refractivity contribution is 7.90. The molecule has 0 unspecified atom stereocenters. The summed E-state index contributed by atoms with van der Waals surface area (Å²) in [5, 5.41) is 8.87. The third-order valence-corrected chi connectivity index (χ3v) is 3.39. The van der Waals surface area contributed by atoms with Gasteiger partial charge in [-0.3, -0.25) is 4.79 Å². The zero-order chi connectivity index (χ0) is 12.3. The number of nitrogens with zero attached hydrogens (tertiary/aromatic N) is 1. The Morgan fingerprint density at radius 3 is 2.56 bits per heavy atom. The maximum Gasteiger partial charge on any atom is 0.265 e. The minimum Gasteiger partial charge on any atom is -0.274 e. The van der Waals surface area contributed by atoms with Crippen LogP contribution in [-0.2, 0) is 14.8 Å². The van der Waals surface area contributed by atoms with Crippen LogP contribution < -0.4 is 4.72 Å². The molecule has 0 atom stereocenters. The van der Waals surface area contributed by atoms with Gasteiger partial charge < -0.3 is 0 Å². The summed E-state index contributed by atoms with van der Waals surface area (Å²) in [6.07, 6.45) is 0. The molecule has 0 spiro atoms. The van der Waals surface area contributed by atoms with Crippen molar-refractivity contribution in [2.45, 2.75) is 18.7 Å². The molecule has 0 saturated carbocycles. The number of hydrogen-bond donors (Lipinski definition) is 1. The number of nitrogens with one attached hydrogen (secondary N) is 1. The Hall–Kier alpha value is -1.87. The van der Waals surface area contributed by atoms with Crippen LogP contribution in [0.4, 0.5) is 0 Å². The number of amides is 1. The Labute approximate surface area is 93.8 Å². The van der Waals surface area contributed by atoms with Crippen molar-refractivity contribution in [1.82, 2.24) is 4.72 Å². The third kappa shape index (κ3) is 2.38. The van der Waals surface area contributed by atoms with Crippen molar-refractivity contribution >= 4 is 15.9 Å². The molecule has 6 heteroatoms. The number of carbonyl (C=O) groups is 1. The van der Waals surface area contributed by atoms with Gasteiger partial charge in [-0.05, 0) is 18.6 Å². The predicted molar refractivity (Wildman–Crippen MR) is 56.9 cm³/mol. The molecule has 0 fully saturated rings. The highest BCUT2D eigenvalue weighted by atomic mass is 32.2. The van der Waals surface area contributed by atoms with Crippen molar-refractivity contribution in [2.75, 3.05) is 0 Å².